The van der Waals surface area contributed by atoms with E-state index in [0.717, 1.165) is 24.1 Å². The van der Waals surface area contributed by atoms with E-state index in [9.17, 15) is 9.59 Å². The summed E-state index contributed by atoms with van der Waals surface area (Å²) >= 11 is 0. The van der Waals surface area contributed by atoms with Crippen LogP contribution in [0, 0.1) is 0 Å². The van der Waals surface area contributed by atoms with Gasteiger partial charge in [-0.1, -0.05) is 12.1 Å². The van der Waals surface area contributed by atoms with Crippen LogP contribution in [0.1, 0.15) is 18.4 Å². The second kappa shape index (κ2) is 5.92. The normalized spacial score (nSPS) is 13.8. The van der Waals surface area contributed by atoms with Crippen LogP contribution in [-0.4, -0.2) is 54.7 Å². The zero-order valence-corrected chi connectivity index (χ0v) is 11.8. The first-order valence-electron chi connectivity index (χ1n) is 6.97. The molecule has 0 unspecified atom stereocenters. The molecule has 0 bridgehead atoms. The lowest BCUT2D eigenvalue weighted by Crippen LogP contribution is -2.38. The van der Waals surface area contributed by atoms with Crippen molar-refractivity contribution >= 4 is 11.9 Å². The van der Waals surface area contributed by atoms with Gasteiger partial charge in [-0.25, -0.2) is 4.68 Å². The van der Waals surface area contributed by atoms with Gasteiger partial charge in [0.1, 0.15) is 12.9 Å². The summed E-state index contributed by atoms with van der Waals surface area (Å²) < 4.78 is 1.52. The lowest BCUT2D eigenvalue weighted by Gasteiger charge is -2.20. The summed E-state index contributed by atoms with van der Waals surface area (Å²) in [4.78, 5) is 24.6. The van der Waals surface area contributed by atoms with Crippen LogP contribution >= 0.6 is 0 Å². The zero-order valence-electron chi connectivity index (χ0n) is 11.8. The molecule has 8 nitrogen and oxygen atoms in total. The fourth-order valence-electron chi connectivity index (χ4n) is 2.28. The molecule has 8 heteroatoms. The minimum absolute atomic E-state index is 0.0871. The molecule has 22 heavy (non-hydrogen) atoms. The summed E-state index contributed by atoms with van der Waals surface area (Å²) in [6, 6.07) is 7.36. The first kappa shape index (κ1) is 14.2. The Kier molecular flexibility index (Phi) is 3.82. The van der Waals surface area contributed by atoms with Crippen molar-refractivity contribution < 1.29 is 14.7 Å². The molecule has 1 aliphatic carbocycles. The van der Waals surface area contributed by atoms with E-state index in [0.29, 0.717) is 0 Å². The van der Waals surface area contributed by atoms with E-state index in [4.69, 9.17) is 5.11 Å². The van der Waals surface area contributed by atoms with Crippen molar-refractivity contribution in [3.8, 4) is 5.69 Å². The summed E-state index contributed by atoms with van der Waals surface area (Å²) in [5.41, 5.74) is 1.63. The van der Waals surface area contributed by atoms with E-state index in [2.05, 4.69) is 15.5 Å². The van der Waals surface area contributed by atoms with Gasteiger partial charge in [-0.05, 0) is 41.0 Å². The van der Waals surface area contributed by atoms with E-state index in [1.807, 2.05) is 24.3 Å². The fraction of sp³-hybridized carbons (Fsp3) is 0.357. The van der Waals surface area contributed by atoms with Crippen molar-refractivity contribution in [3.05, 3.63) is 36.2 Å². The van der Waals surface area contributed by atoms with E-state index in [1.54, 1.807) is 0 Å². The molecule has 0 spiro atoms. The van der Waals surface area contributed by atoms with Gasteiger partial charge in [0.05, 0.1) is 12.1 Å². The molecule has 2 aromatic rings. The standard InChI is InChI=1S/C14H15N5O3/c20-13(18(8-14(21)22)11-5-6-11)7-10-1-3-12(4-2-10)19-9-15-16-17-19/h1-4,9,11H,5-8H2,(H,21,22). The number of nitrogens with zero attached hydrogens (tertiary/aromatic N) is 5. The van der Waals surface area contributed by atoms with Crippen LogP contribution in [0.15, 0.2) is 30.6 Å². The minimum Gasteiger partial charge on any atom is -0.480 e. The average Bonchev–Trinajstić information content (AvgIpc) is 3.19. The summed E-state index contributed by atoms with van der Waals surface area (Å²) in [6.07, 6.45) is 3.45. The van der Waals surface area contributed by atoms with Gasteiger partial charge >= 0.3 is 5.97 Å². The number of hydrogen-bond donors (Lipinski definition) is 1. The summed E-state index contributed by atoms with van der Waals surface area (Å²) in [6.45, 7) is -0.230. The average molecular weight is 301 g/mol. The van der Waals surface area contributed by atoms with Crippen LogP contribution in [0.25, 0.3) is 5.69 Å². The minimum atomic E-state index is -0.978. The number of amides is 1. The number of rotatable bonds is 6. The van der Waals surface area contributed by atoms with Gasteiger partial charge in [0, 0.05) is 6.04 Å². The summed E-state index contributed by atoms with van der Waals surface area (Å²) in [7, 11) is 0. The van der Waals surface area contributed by atoms with Crippen molar-refractivity contribution in [2.45, 2.75) is 25.3 Å². The van der Waals surface area contributed by atoms with Crippen LogP contribution < -0.4 is 0 Å². The van der Waals surface area contributed by atoms with Crippen LogP contribution in [0.5, 0.6) is 0 Å². The van der Waals surface area contributed by atoms with Crippen LogP contribution in [-0.2, 0) is 16.0 Å². The SMILES string of the molecule is O=C(O)CN(C(=O)Cc1ccc(-n2cnnn2)cc1)C1CC1. The number of hydrogen-bond acceptors (Lipinski definition) is 5. The number of carbonyl (C=O) groups excluding carboxylic acids is 1. The molecule has 1 aromatic heterocycles. The molecule has 114 valence electrons. The van der Waals surface area contributed by atoms with Crippen LogP contribution in [0.2, 0.25) is 0 Å². The van der Waals surface area contributed by atoms with E-state index in [1.165, 1.54) is 15.9 Å². The third-order valence-corrected chi connectivity index (χ3v) is 3.52. The Morgan fingerprint density at radius 2 is 2.00 bits per heavy atom. The monoisotopic (exact) mass is 301 g/mol. The molecule has 1 aromatic carbocycles. The molecule has 0 aliphatic heterocycles. The Bertz CT molecular complexity index is 664. The van der Waals surface area contributed by atoms with Gasteiger partial charge in [-0.2, -0.15) is 0 Å². The topological polar surface area (TPSA) is 101 Å². The first-order valence-corrected chi connectivity index (χ1v) is 6.97. The third-order valence-electron chi connectivity index (χ3n) is 3.52. The maximum Gasteiger partial charge on any atom is 0.323 e. The largest absolute Gasteiger partial charge is 0.480 e. The number of aromatic nitrogens is 4. The number of carbonyl (C=O) groups is 2. The number of carboxylic acid groups (broad SMARTS) is 1. The van der Waals surface area contributed by atoms with Crippen molar-refractivity contribution in [2.24, 2.45) is 0 Å². The van der Waals surface area contributed by atoms with Crippen molar-refractivity contribution in [3.63, 3.8) is 0 Å². The quantitative estimate of drug-likeness (QED) is 0.822. The Morgan fingerprint density at radius 3 is 2.55 bits per heavy atom. The van der Waals surface area contributed by atoms with E-state index < -0.39 is 5.97 Å². The lowest BCUT2D eigenvalue weighted by atomic mass is 10.1. The predicted molar refractivity (Wildman–Crippen MR) is 75.2 cm³/mol. The second-order valence-electron chi connectivity index (χ2n) is 5.24. The molecule has 3 rings (SSSR count). The molecular weight excluding hydrogens is 286 g/mol. The molecule has 1 heterocycles. The third kappa shape index (κ3) is 3.27. The van der Waals surface area contributed by atoms with Crippen molar-refractivity contribution in [1.29, 1.82) is 0 Å². The van der Waals surface area contributed by atoms with Crippen molar-refractivity contribution in [2.75, 3.05) is 6.54 Å². The number of benzene rings is 1. The van der Waals surface area contributed by atoms with Gasteiger partial charge < -0.3 is 10.0 Å². The van der Waals surface area contributed by atoms with Crippen LogP contribution in [0.4, 0.5) is 0 Å². The first-order chi connectivity index (χ1) is 10.6. The highest BCUT2D eigenvalue weighted by Crippen LogP contribution is 2.27. The smallest absolute Gasteiger partial charge is 0.323 e. The van der Waals surface area contributed by atoms with Gasteiger partial charge in [-0.15, -0.1) is 5.10 Å². The highest BCUT2D eigenvalue weighted by Gasteiger charge is 2.33. The summed E-state index contributed by atoms with van der Waals surface area (Å²) in [5.74, 6) is -1.13. The number of carboxylic acids is 1. The van der Waals surface area contributed by atoms with E-state index >= 15 is 0 Å². The van der Waals surface area contributed by atoms with Gasteiger partial charge in [-0.3, -0.25) is 9.59 Å². The predicted octanol–water partition coefficient (Wildman–Crippen LogP) is 0.280. The van der Waals surface area contributed by atoms with Crippen molar-refractivity contribution in [1.82, 2.24) is 25.1 Å². The maximum atomic E-state index is 12.3. The molecule has 0 atom stereocenters. The molecule has 0 radical (unpaired) electrons. The maximum absolute atomic E-state index is 12.3. The van der Waals surface area contributed by atoms with Crippen LogP contribution in [0.3, 0.4) is 0 Å². The fourth-order valence-corrected chi connectivity index (χ4v) is 2.28. The van der Waals surface area contributed by atoms with Gasteiger partial charge in [0.25, 0.3) is 0 Å². The molecule has 1 amide bonds. The Labute approximate surface area is 126 Å². The molecule has 1 aliphatic rings. The molecule has 1 fully saturated rings. The Morgan fingerprint density at radius 1 is 1.27 bits per heavy atom. The lowest BCUT2D eigenvalue weighted by molar-refractivity contribution is -0.144. The Hall–Kier alpha value is -2.77. The molecule has 1 N–H and O–H groups in total. The molecule has 0 saturated heterocycles. The summed E-state index contributed by atoms with van der Waals surface area (Å²) in [5, 5.41) is 19.8. The Balaban J connectivity index is 1.67. The highest BCUT2D eigenvalue weighted by molar-refractivity contribution is 5.83. The van der Waals surface area contributed by atoms with E-state index in [-0.39, 0.29) is 24.9 Å². The highest BCUT2D eigenvalue weighted by atomic mass is 16.4. The number of aliphatic carboxylic acids is 1. The zero-order chi connectivity index (χ0) is 15.5. The van der Waals surface area contributed by atoms with Gasteiger partial charge in [0.15, 0.2) is 0 Å². The van der Waals surface area contributed by atoms with Gasteiger partial charge in [0.2, 0.25) is 5.91 Å². The number of tetrazole rings is 1. The molecule has 1 saturated carbocycles. The molecular formula is C14H15N5O3. The second-order valence-corrected chi connectivity index (χ2v) is 5.24.